The number of hydrogen-bond donors (Lipinski definition) is 3. The first kappa shape index (κ1) is 24.3. The number of esters is 1. The lowest BCUT2D eigenvalue weighted by Crippen LogP contribution is -2.42. The van der Waals surface area contributed by atoms with E-state index in [0.717, 1.165) is 0 Å². The molecule has 0 aromatic heterocycles. The van der Waals surface area contributed by atoms with E-state index in [1.165, 1.54) is 24.3 Å². The Morgan fingerprint density at radius 3 is 2.42 bits per heavy atom. The summed E-state index contributed by atoms with van der Waals surface area (Å²) in [5, 5.41) is 4.77. The predicted molar refractivity (Wildman–Crippen MR) is 114 cm³/mol. The molecule has 2 rings (SSSR count). The van der Waals surface area contributed by atoms with Crippen molar-refractivity contribution in [3.8, 4) is 0 Å². The van der Waals surface area contributed by atoms with Gasteiger partial charge in [-0.25, -0.2) is 17.9 Å². The van der Waals surface area contributed by atoms with Crippen LogP contribution >= 0.6 is 11.6 Å². The second-order valence-electron chi connectivity index (χ2n) is 6.23. The normalized spacial score (nSPS) is 11.9. The second kappa shape index (κ2) is 11.4. The lowest BCUT2D eigenvalue weighted by molar-refractivity contribution is -0.156. The third-order valence-electron chi connectivity index (χ3n) is 3.89. The molecule has 166 valence electrons. The minimum atomic E-state index is -3.87. The van der Waals surface area contributed by atoms with Gasteiger partial charge in [-0.3, -0.25) is 14.9 Å². The fourth-order valence-corrected chi connectivity index (χ4v) is 3.81. The number of benzene rings is 2. The molecule has 3 N–H and O–H groups in total. The molecule has 0 saturated heterocycles. The summed E-state index contributed by atoms with van der Waals surface area (Å²) in [4.78, 5) is 36.3. The number of rotatable bonds is 9. The van der Waals surface area contributed by atoms with Crippen molar-refractivity contribution in [3.05, 3.63) is 65.2 Å². The molecule has 0 fully saturated rings. The van der Waals surface area contributed by atoms with Crippen LogP contribution in [0.3, 0.4) is 0 Å². The molecule has 0 bridgehead atoms. The number of hydrogen-bond acceptors (Lipinski definition) is 6. The van der Waals surface area contributed by atoms with E-state index in [1.807, 2.05) is 0 Å². The molecular formula is C20H22ClN3O6S. The van der Waals surface area contributed by atoms with Crippen molar-refractivity contribution in [2.75, 3.05) is 13.1 Å². The Kier molecular flexibility index (Phi) is 8.98. The molecule has 0 radical (unpaired) electrons. The van der Waals surface area contributed by atoms with Gasteiger partial charge in [0.05, 0.1) is 11.3 Å². The Labute approximate surface area is 185 Å². The summed E-state index contributed by atoms with van der Waals surface area (Å²) in [5.74, 6) is -1.65. The number of amides is 3. The standard InChI is InChI=1S/C20H22ClN3O6S/c1-2-22-20(27)24-19(26)18(14-7-4-3-5-8-14)30-17(25)11-12-23-31(28,29)16-10-6-9-15(21)13-16/h3-10,13,18,23H,2,11-12H2,1H3,(H2,22,24,26,27). The summed E-state index contributed by atoms with van der Waals surface area (Å²) >= 11 is 5.80. The van der Waals surface area contributed by atoms with E-state index in [-0.39, 0.29) is 22.9 Å². The summed E-state index contributed by atoms with van der Waals surface area (Å²) in [7, 11) is -3.87. The molecule has 0 aliphatic rings. The van der Waals surface area contributed by atoms with Crippen molar-refractivity contribution in [1.29, 1.82) is 0 Å². The van der Waals surface area contributed by atoms with Crippen molar-refractivity contribution in [3.63, 3.8) is 0 Å². The van der Waals surface area contributed by atoms with E-state index in [2.05, 4.69) is 15.4 Å². The molecule has 3 amide bonds. The maximum atomic E-state index is 12.4. The van der Waals surface area contributed by atoms with Gasteiger partial charge in [-0.05, 0) is 25.1 Å². The second-order valence-corrected chi connectivity index (χ2v) is 8.44. The highest BCUT2D eigenvalue weighted by Crippen LogP contribution is 2.19. The molecule has 0 spiro atoms. The van der Waals surface area contributed by atoms with Crippen LogP contribution in [0.25, 0.3) is 0 Å². The van der Waals surface area contributed by atoms with Crippen LogP contribution in [-0.4, -0.2) is 39.4 Å². The third kappa shape index (κ3) is 7.67. The van der Waals surface area contributed by atoms with Crippen LogP contribution in [0.4, 0.5) is 4.79 Å². The van der Waals surface area contributed by atoms with Crippen molar-refractivity contribution >= 4 is 39.5 Å². The molecule has 31 heavy (non-hydrogen) atoms. The van der Waals surface area contributed by atoms with E-state index in [9.17, 15) is 22.8 Å². The van der Waals surface area contributed by atoms with Crippen molar-refractivity contribution in [2.24, 2.45) is 0 Å². The van der Waals surface area contributed by atoms with Crippen LogP contribution in [0.2, 0.25) is 5.02 Å². The van der Waals surface area contributed by atoms with Gasteiger partial charge in [0.1, 0.15) is 0 Å². The van der Waals surface area contributed by atoms with Gasteiger partial charge in [-0.15, -0.1) is 0 Å². The van der Waals surface area contributed by atoms with E-state index in [1.54, 1.807) is 37.3 Å². The molecule has 0 saturated carbocycles. The molecule has 0 aliphatic carbocycles. The maximum Gasteiger partial charge on any atom is 0.321 e. The minimum Gasteiger partial charge on any atom is -0.447 e. The molecule has 1 unspecified atom stereocenters. The Hall–Kier alpha value is -2.95. The Morgan fingerprint density at radius 1 is 1.06 bits per heavy atom. The summed E-state index contributed by atoms with van der Waals surface area (Å²) in [6, 6.07) is 13.1. The molecular weight excluding hydrogens is 446 g/mol. The number of ether oxygens (including phenoxy) is 1. The lowest BCUT2D eigenvalue weighted by Gasteiger charge is -2.18. The van der Waals surface area contributed by atoms with Gasteiger partial charge in [-0.2, -0.15) is 0 Å². The van der Waals surface area contributed by atoms with Crippen LogP contribution in [0.1, 0.15) is 25.0 Å². The number of carbonyl (C=O) groups excluding carboxylic acids is 3. The van der Waals surface area contributed by atoms with Crippen LogP contribution in [0.5, 0.6) is 0 Å². The number of halogens is 1. The first-order chi connectivity index (χ1) is 14.7. The fourth-order valence-electron chi connectivity index (χ4n) is 2.48. The Balaban J connectivity index is 2.00. The van der Waals surface area contributed by atoms with E-state index >= 15 is 0 Å². The Bertz CT molecular complexity index is 1030. The number of carbonyl (C=O) groups is 3. The van der Waals surface area contributed by atoms with Gasteiger partial charge in [-0.1, -0.05) is 48.0 Å². The van der Waals surface area contributed by atoms with Crippen molar-refractivity contribution < 1.29 is 27.5 Å². The highest BCUT2D eigenvalue weighted by atomic mass is 35.5. The molecule has 11 heteroatoms. The Morgan fingerprint density at radius 2 is 1.77 bits per heavy atom. The molecule has 0 heterocycles. The van der Waals surface area contributed by atoms with Crippen LogP contribution in [0, 0.1) is 0 Å². The van der Waals surface area contributed by atoms with Crippen LogP contribution in [0.15, 0.2) is 59.5 Å². The zero-order valence-corrected chi connectivity index (χ0v) is 18.2. The molecule has 1 atom stereocenters. The number of urea groups is 1. The maximum absolute atomic E-state index is 12.4. The fraction of sp³-hybridized carbons (Fsp3) is 0.250. The average molecular weight is 468 g/mol. The first-order valence-electron chi connectivity index (χ1n) is 9.31. The summed E-state index contributed by atoms with van der Waals surface area (Å²) in [6.07, 6.45) is -1.71. The number of nitrogens with one attached hydrogen (secondary N) is 3. The van der Waals surface area contributed by atoms with Crippen LogP contribution < -0.4 is 15.4 Å². The van der Waals surface area contributed by atoms with E-state index in [0.29, 0.717) is 12.1 Å². The van der Waals surface area contributed by atoms with Crippen molar-refractivity contribution in [2.45, 2.75) is 24.3 Å². The van der Waals surface area contributed by atoms with Gasteiger partial charge in [0, 0.05) is 23.7 Å². The minimum absolute atomic E-state index is 0.0446. The molecule has 9 nitrogen and oxygen atoms in total. The number of sulfonamides is 1. The predicted octanol–water partition coefficient (Wildman–Crippen LogP) is 2.14. The average Bonchev–Trinajstić information content (AvgIpc) is 2.72. The van der Waals surface area contributed by atoms with Gasteiger partial charge in [0.25, 0.3) is 5.91 Å². The molecule has 0 aliphatic heterocycles. The van der Waals surface area contributed by atoms with Gasteiger partial charge in [0.15, 0.2) is 0 Å². The largest absolute Gasteiger partial charge is 0.447 e. The van der Waals surface area contributed by atoms with Gasteiger partial charge < -0.3 is 10.1 Å². The third-order valence-corrected chi connectivity index (χ3v) is 5.59. The highest BCUT2D eigenvalue weighted by Gasteiger charge is 2.26. The first-order valence-corrected chi connectivity index (χ1v) is 11.2. The van der Waals surface area contributed by atoms with E-state index in [4.69, 9.17) is 16.3 Å². The highest BCUT2D eigenvalue weighted by molar-refractivity contribution is 7.89. The topological polar surface area (TPSA) is 131 Å². The molecule has 2 aromatic rings. The number of imide groups is 1. The quantitative estimate of drug-likeness (QED) is 0.484. The monoisotopic (exact) mass is 467 g/mol. The summed E-state index contributed by atoms with van der Waals surface area (Å²) < 4.78 is 32.0. The van der Waals surface area contributed by atoms with Gasteiger partial charge >= 0.3 is 12.0 Å². The SMILES string of the molecule is CCNC(=O)NC(=O)C(OC(=O)CCNS(=O)(=O)c1cccc(Cl)c1)c1ccccc1. The summed E-state index contributed by atoms with van der Waals surface area (Å²) in [5.41, 5.74) is 0.358. The van der Waals surface area contributed by atoms with E-state index < -0.39 is 34.0 Å². The molecule has 2 aromatic carbocycles. The van der Waals surface area contributed by atoms with Gasteiger partial charge in [0.2, 0.25) is 16.1 Å². The zero-order chi connectivity index (χ0) is 22.9. The summed E-state index contributed by atoms with van der Waals surface area (Å²) in [6.45, 7) is 1.73. The van der Waals surface area contributed by atoms with Crippen molar-refractivity contribution in [1.82, 2.24) is 15.4 Å². The lowest BCUT2D eigenvalue weighted by atomic mass is 10.1. The zero-order valence-electron chi connectivity index (χ0n) is 16.6. The van der Waals surface area contributed by atoms with Crippen LogP contribution in [-0.2, 0) is 24.3 Å². The smallest absolute Gasteiger partial charge is 0.321 e.